The summed E-state index contributed by atoms with van der Waals surface area (Å²) in [6.07, 6.45) is 3.55. The molecule has 1 heterocycles. The Labute approximate surface area is 144 Å². The van der Waals surface area contributed by atoms with E-state index in [9.17, 15) is 13.6 Å². The Kier molecular flexibility index (Phi) is 5.13. The molecule has 0 bridgehead atoms. The molecule has 1 aromatic heterocycles. The normalized spacial score (nSPS) is 14.4. The fraction of sp³-hybridized carbons (Fsp3) is 0.444. The lowest BCUT2D eigenvalue weighted by Crippen LogP contribution is -2.35. The molecule has 0 aliphatic heterocycles. The van der Waals surface area contributed by atoms with Gasteiger partial charge in [0.2, 0.25) is 0 Å². The number of aliphatic hydroxyl groups is 1. The van der Waals surface area contributed by atoms with Gasteiger partial charge in [-0.1, -0.05) is 6.92 Å². The number of halogens is 2. The van der Waals surface area contributed by atoms with E-state index in [0.717, 1.165) is 42.7 Å². The number of carbonyl (C=O) groups is 1. The van der Waals surface area contributed by atoms with Crippen molar-refractivity contribution in [1.29, 1.82) is 0 Å². The van der Waals surface area contributed by atoms with Crippen LogP contribution in [-0.2, 0) is 12.8 Å². The summed E-state index contributed by atoms with van der Waals surface area (Å²) in [5, 5.41) is 16.3. The third kappa shape index (κ3) is 3.42. The van der Waals surface area contributed by atoms with Crippen molar-refractivity contribution in [1.82, 2.24) is 15.1 Å². The van der Waals surface area contributed by atoms with Gasteiger partial charge in [-0.3, -0.25) is 4.79 Å². The quantitative estimate of drug-likeness (QED) is 0.842. The van der Waals surface area contributed by atoms with Crippen molar-refractivity contribution >= 4 is 5.91 Å². The van der Waals surface area contributed by atoms with Crippen LogP contribution in [0.2, 0.25) is 0 Å². The summed E-state index contributed by atoms with van der Waals surface area (Å²) in [4.78, 5) is 12.6. The number of hydrogen-bond donors (Lipinski definition) is 2. The molecule has 1 aliphatic rings. The fourth-order valence-electron chi connectivity index (χ4n) is 3.24. The zero-order chi connectivity index (χ0) is 18.0. The van der Waals surface area contributed by atoms with Crippen LogP contribution in [-0.4, -0.2) is 33.4 Å². The van der Waals surface area contributed by atoms with Crippen molar-refractivity contribution in [3.63, 3.8) is 0 Å². The number of hydrogen-bond acceptors (Lipinski definition) is 3. The van der Waals surface area contributed by atoms with E-state index in [1.807, 2.05) is 6.92 Å². The van der Waals surface area contributed by atoms with Gasteiger partial charge in [-0.05, 0) is 44.2 Å². The van der Waals surface area contributed by atoms with E-state index in [4.69, 9.17) is 5.11 Å². The number of aliphatic hydroxyl groups excluding tert-OH is 1. The second-order valence-electron chi connectivity index (χ2n) is 6.23. The summed E-state index contributed by atoms with van der Waals surface area (Å²) in [5.41, 5.74) is 2.46. The predicted molar refractivity (Wildman–Crippen MR) is 88.8 cm³/mol. The van der Waals surface area contributed by atoms with Crippen molar-refractivity contribution in [2.24, 2.45) is 0 Å². The van der Waals surface area contributed by atoms with Gasteiger partial charge in [0.25, 0.3) is 5.91 Å². The van der Waals surface area contributed by atoms with Crippen LogP contribution >= 0.6 is 0 Å². The summed E-state index contributed by atoms with van der Waals surface area (Å²) in [7, 11) is 0. The van der Waals surface area contributed by atoms with Crippen LogP contribution in [0.1, 0.15) is 47.9 Å². The number of amides is 1. The molecule has 0 spiro atoms. The lowest BCUT2D eigenvalue weighted by Gasteiger charge is -2.15. The van der Waals surface area contributed by atoms with Gasteiger partial charge in [0.15, 0.2) is 17.3 Å². The average molecular weight is 349 g/mol. The van der Waals surface area contributed by atoms with Gasteiger partial charge in [-0.25, -0.2) is 13.5 Å². The van der Waals surface area contributed by atoms with E-state index in [1.54, 1.807) is 0 Å². The van der Waals surface area contributed by atoms with E-state index in [-0.39, 0.29) is 18.6 Å². The highest BCUT2D eigenvalue weighted by molar-refractivity contribution is 5.94. The van der Waals surface area contributed by atoms with Gasteiger partial charge < -0.3 is 10.4 Å². The lowest BCUT2D eigenvalue weighted by atomic mass is 10.1. The molecule has 0 saturated heterocycles. The van der Waals surface area contributed by atoms with Gasteiger partial charge in [0.1, 0.15) is 0 Å². The van der Waals surface area contributed by atoms with Crippen LogP contribution in [0.4, 0.5) is 8.78 Å². The van der Waals surface area contributed by atoms with E-state index in [0.29, 0.717) is 24.2 Å². The third-order valence-corrected chi connectivity index (χ3v) is 4.60. The summed E-state index contributed by atoms with van der Waals surface area (Å²) in [5.74, 6) is -2.15. The molecule has 1 amide bonds. The number of nitrogens with zero attached hydrogens (tertiary/aromatic N) is 2. The van der Waals surface area contributed by atoms with Crippen molar-refractivity contribution in [3.05, 3.63) is 46.8 Å². The zero-order valence-corrected chi connectivity index (χ0v) is 14.1. The molecule has 7 heteroatoms. The van der Waals surface area contributed by atoms with Crippen LogP contribution in [0.15, 0.2) is 18.2 Å². The van der Waals surface area contributed by atoms with Crippen LogP contribution in [0.5, 0.6) is 0 Å². The van der Waals surface area contributed by atoms with E-state index in [2.05, 4.69) is 10.4 Å². The van der Waals surface area contributed by atoms with Gasteiger partial charge in [-0.15, -0.1) is 0 Å². The van der Waals surface area contributed by atoms with Crippen LogP contribution in [0, 0.1) is 11.6 Å². The minimum Gasteiger partial charge on any atom is -0.396 e. The maximum Gasteiger partial charge on any atom is 0.272 e. The summed E-state index contributed by atoms with van der Waals surface area (Å²) in [6.45, 7) is 1.94. The molecule has 3 rings (SSSR count). The Morgan fingerprint density at radius 3 is 2.84 bits per heavy atom. The molecule has 134 valence electrons. The highest BCUT2D eigenvalue weighted by Crippen LogP contribution is 2.28. The maximum atomic E-state index is 13.6. The zero-order valence-electron chi connectivity index (χ0n) is 14.1. The summed E-state index contributed by atoms with van der Waals surface area (Å²) < 4.78 is 28.3. The standard InChI is InChI=1S/C18H21F2N3O2/c1-2-11(8-9-24)21-18(25)17-13-4-3-5-16(13)23(22-17)12-6-7-14(19)15(20)10-12/h6-7,10-11,24H,2-5,8-9H2,1H3,(H,21,25). The minimum atomic E-state index is -0.945. The number of fused-ring (bicyclic) bond motifs is 1. The molecule has 2 N–H and O–H groups in total. The number of benzene rings is 1. The summed E-state index contributed by atoms with van der Waals surface area (Å²) in [6, 6.07) is 3.47. The number of rotatable bonds is 6. The first-order valence-electron chi connectivity index (χ1n) is 8.53. The maximum absolute atomic E-state index is 13.6. The van der Waals surface area contributed by atoms with E-state index >= 15 is 0 Å². The molecule has 0 fully saturated rings. The number of aromatic nitrogens is 2. The average Bonchev–Trinajstić information content (AvgIpc) is 3.19. The van der Waals surface area contributed by atoms with Gasteiger partial charge in [-0.2, -0.15) is 5.10 Å². The molecule has 1 aromatic carbocycles. The number of nitrogens with one attached hydrogen (secondary N) is 1. The highest BCUT2D eigenvalue weighted by atomic mass is 19.2. The second kappa shape index (κ2) is 7.31. The van der Waals surface area contributed by atoms with Gasteiger partial charge in [0.05, 0.1) is 5.69 Å². The highest BCUT2D eigenvalue weighted by Gasteiger charge is 2.28. The molecule has 5 nitrogen and oxygen atoms in total. The van der Waals surface area contributed by atoms with Crippen LogP contribution in [0.3, 0.4) is 0 Å². The van der Waals surface area contributed by atoms with Gasteiger partial charge >= 0.3 is 0 Å². The Hall–Kier alpha value is -2.28. The first-order valence-corrected chi connectivity index (χ1v) is 8.53. The first kappa shape index (κ1) is 17.5. The van der Waals surface area contributed by atoms with Crippen molar-refractivity contribution in [2.45, 2.75) is 45.1 Å². The lowest BCUT2D eigenvalue weighted by molar-refractivity contribution is 0.0922. The van der Waals surface area contributed by atoms with Crippen molar-refractivity contribution in [2.75, 3.05) is 6.61 Å². The minimum absolute atomic E-state index is 0.000189. The fourth-order valence-corrected chi connectivity index (χ4v) is 3.24. The largest absolute Gasteiger partial charge is 0.396 e. The Morgan fingerprint density at radius 1 is 1.36 bits per heavy atom. The van der Waals surface area contributed by atoms with E-state index < -0.39 is 11.6 Å². The monoisotopic (exact) mass is 349 g/mol. The SMILES string of the molecule is CCC(CCO)NC(=O)c1nn(-c2ccc(F)c(F)c2)c2c1CCC2. The molecule has 0 saturated carbocycles. The Balaban J connectivity index is 1.94. The second-order valence-corrected chi connectivity index (χ2v) is 6.23. The Morgan fingerprint density at radius 2 is 2.16 bits per heavy atom. The molecule has 25 heavy (non-hydrogen) atoms. The van der Waals surface area contributed by atoms with Crippen LogP contribution in [0.25, 0.3) is 5.69 Å². The molecular formula is C18H21F2N3O2. The summed E-state index contributed by atoms with van der Waals surface area (Å²) >= 11 is 0. The molecular weight excluding hydrogens is 328 g/mol. The molecule has 1 unspecified atom stereocenters. The molecule has 0 radical (unpaired) electrons. The first-order chi connectivity index (χ1) is 12.0. The van der Waals surface area contributed by atoms with Crippen molar-refractivity contribution in [3.8, 4) is 5.69 Å². The molecule has 1 aliphatic carbocycles. The smallest absolute Gasteiger partial charge is 0.272 e. The third-order valence-electron chi connectivity index (χ3n) is 4.60. The topological polar surface area (TPSA) is 67.2 Å². The predicted octanol–water partition coefficient (Wildman–Crippen LogP) is 2.53. The van der Waals surface area contributed by atoms with Crippen molar-refractivity contribution < 1.29 is 18.7 Å². The van der Waals surface area contributed by atoms with Gasteiger partial charge in [0, 0.05) is 30.0 Å². The molecule has 1 atom stereocenters. The molecule has 2 aromatic rings. The Bertz CT molecular complexity index is 789. The number of carbonyl (C=O) groups excluding carboxylic acids is 1. The van der Waals surface area contributed by atoms with E-state index in [1.165, 1.54) is 10.7 Å². The van der Waals surface area contributed by atoms with Crippen LogP contribution < -0.4 is 5.32 Å².